The molecule has 3 heterocycles. The molecule has 2 aromatic rings. The number of nitrogens with one attached hydrogen (secondary N) is 1. The van der Waals surface area contributed by atoms with Crippen molar-refractivity contribution in [2.45, 2.75) is 37.5 Å². The van der Waals surface area contributed by atoms with Crippen molar-refractivity contribution in [1.82, 2.24) is 20.1 Å². The minimum atomic E-state index is -0.869. The van der Waals surface area contributed by atoms with Gasteiger partial charge in [0.15, 0.2) is 0 Å². The van der Waals surface area contributed by atoms with Gasteiger partial charge in [-0.2, -0.15) is 0 Å². The Morgan fingerprint density at radius 2 is 1.91 bits per heavy atom. The number of ether oxygens (including phenoxy) is 1. The highest BCUT2D eigenvalue weighted by Gasteiger charge is 2.36. The average molecular weight is 526 g/mol. The third-order valence-electron chi connectivity index (χ3n) is 5.94. The number of nitrogen functional groups attached to an aromatic ring is 1. The molecular formula is C20H31Cl3N6O2S. The number of morpholine rings is 1. The molecule has 2 saturated heterocycles. The van der Waals surface area contributed by atoms with E-state index in [-0.39, 0.29) is 30.9 Å². The number of hydrogen-bond donors (Lipinski definition) is 2. The molecule has 180 valence electrons. The van der Waals surface area contributed by atoms with E-state index >= 15 is 0 Å². The van der Waals surface area contributed by atoms with Crippen LogP contribution in [0.2, 0.25) is 5.02 Å². The van der Waals surface area contributed by atoms with Crippen LogP contribution in [-0.4, -0.2) is 81.1 Å². The molecule has 0 bridgehead atoms. The topological polar surface area (TPSA) is 106 Å². The zero-order chi connectivity index (χ0) is 21.1. The highest BCUT2D eigenvalue weighted by molar-refractivity contribution is 7.90. The van der Waals surface area contributed by atoms with Crippen molar-refractivity contribution in [3.05, 3.63) is 34.9 Å². The zero-order valence-electron chi connectivity index (χ0n) is 18.0. The summed E-state index contributed by atoms with van der Waals surface area (Å²) in [6.07, 6.45) is 4.73. The first-order chi connectivity index (χ1) is 14.5. The third-order valence-corrected chi connectivity index (χ3v) is 7.03. The third kappa shape index (κ3) is 7.03. The van der Waals surface area contributed by atoms with Gasteiger partial charge in [-0.15, -0.1) is 35.0 Å². The van der Waals surface area contributed by atoms with Crippen molar-refractivity contribution >= 4 is 59.5 Å². The molecule has 0 spiro atoms. The standard InChI is InChI=1S/C20H29ClN6O2S.2ClH/c1-30(28)13-18-11-27(17(12-29-18)10-14-2-4-15(21)5-3-14)16-6-8-26(9-7-16)20-23-19(22)24-25-20;;/h2-5,16-18H,6-13H2,1H3,(H3,22,23,24,25);2*1H/t17-,18+,30?;;/m0../s1. The predicted molar refractivity (Wildman–Crippen MR) is 135 cm³/mol. The van der Waals surface area contributed by atoms with Crippen LogP contribution in [-0.2, 0) is 22.3 Å². The number of H-pyrrole nitrogens is 1. The van der Waals surface area contributed by atoms with E-state index in [2.05, 4.69) is 37.1 Å². The number of anilines is 2. The molecule has 3 N–H and O–H groups in total. The van der Waals surface area contributed by atoms with Crippen LogP contribution < -0.4 is 10.6 Å². The van der Waals surface area contributed by atoms with Crippen molar-refractivity contribution in [1.29, 1.82) is 0 Å². The summed E-state index contributed by atoms with van der Waals surface area (Å²) in [5.74, 6) is 1.67. The van der Waals surface area contributed by atoms with Gasteiger partial charge in [0, 0.05) is 36.7 Å². The molecule has 1 aromatic carbocycles. The van der Waals surface area contributed by atoms with Gasteiger partial charge in [-0.1, -0.05) is 34.9 Å². The van der Waals surface area contributed by atoms with Gasteiger partial charge in [0.1, 0.15) is 11.9 Å². The van der Waals surface area contributed by atoms with E-state index in [4.69, 9.17) is 22.1 Å². The van der Waals surface area contributed by atoms with Crippen molar-refractivity contribution in [2.75, 3.05) is 48.9 Å². The lowest BCUT2D eigenvalue weighted by Crippen LogP contribution is -2.58. The van der Waals surface area contributed by atoms with E-state index in [0.29, 0.717) is 30.4 Å². The smallest absolute Gasteiger partial charge is 0.226 e. The molecule has 0 saturated carbocycles. The van der Waals surface area contributed by atoms with Crippen LogP contribution in [0.4, 0.5) is 11.9 Å². The molecule has 0 radical (unpaired) electrons. The Labute approximate surface area is 209 Å². The monoisotopic (exact) mass is 524 g/mol. The van der Waals surface area contributed by atoms with Crippen LogP contribution >= 0.6 is 36.4 Å². The quantitative estimate of drug-likeness (QED) is 0.558. The van der Waals surface area contributed by atoms with Crippen LogP contribution in [0.1, 0.15) is 18.4 Å². The summed E-state index contributed by atoms with van der Waals surface area (Å²) in [7, 11) is 0. The van der Waals surface area contributed by atoms with E-state index in [0.717, 1.165) is 49.9 Å². The van der Waals surface area contributed by atoms with Crippen LogP contribution in [0, 0.1) is 0 Å². The first kappa shape index (κ1) is 27.3. The number of nitrogens with two attached hydrogens (primary N) is 1. The lowest BCUT2D eigenvalue weighted by Gasteiger charge is -2.46. The molecule has 3 atom stereocenters. The number of rotatable bonds is 6. The molecule has 2 fully saturated rings. The fourth-order valence-corrected chi connectivity index (χ4v) is 5.33. The Balaban J connectivity index is 0.00000181. The van der Waals surface area contributed by atoms with Gasteiger partial charge in [-0.3, -0.25) is 9.88 Å². The highest BCUT2D eigenvalue weighted by Crippen LogP contribution is 2.27. The molecule has 0 aliphatic carbocycles. The normalized spacial score (nSPS) is 23.3. The molecule has 8 nitrogen and oxygen atoms in total. The van der Waals surface area contributed by atoms with Crippen molar-refractivity contribution in [2.24, 2.45) is 0 Å². The first-order valence-electron chi connectivity index (χ1n) is 10.3. The van der Waals surface area contributed by atoms with Gasteiger partial charge in [0.25, 0.3) is 0 Å². The summed E-state index contributed by atoms with van der Waals surface area (Å²) in [5.41, 5.74) is 6.93. The van der Waals surface area contributed by atoms with E-state index in [9.17, 15) is 4.55 Å². The van der Waals surface area contributed by atoms with Crippen LogP contribution in [0.5, 0.6) is 0 Å². The van der Waals surface area contributed by atoms with Crippen molar-refractivity contribution in [3.8, 4) is 0 Å². The van der Waals surface area contributed by atoms with E-state index in [1.807, 2.05) is 12.1 Å². The maximum Gasteiger partial charge on any atom is 0.226 e. The lowest BCUT2D eigenvalue weighted by molar-refractivity contribution is -0.0731. The zero-order valence-corrected chi connectivity index (χ0v) is 21.2. The Bertz CT molecular complexity index is 820. The molecule has 2 aliphatic heterocycles. The second-order valence-corrected chi connectivity index (χ2v) is 10.0. The second kappa shape index (κ2) is 12.5. The Morgan fingerprint density at radius 1 is 1.22 bits per heavy atom. The summed E-state index contributed by atoms with van der Waals surface area (Å²) in [5, 5.41) is 8.74. The van der Waals surface area contributed by atoms with Gasteiger partial charge < -0.3 is 19.9 Å². The first-order valence-corrected chi connectivity index (χ1v) is 12.4. The molecule has 4 rings (SSSR count). The van der Waals surface area contributed by atoms with Crippen LogP contribution in [0.3, 0.4) is 0 Å². The summed E-state index contributed by atoms with van der Waals surface area (Å²) in [6, 6.07) is 8.81. The van der Waals surface area contributed by atoms with Gasteiger partial charge in [-0.05, 0) is 37.0 Å². The van der Waals surface area contributed by atoms with Gasteiger partial charge in [0.2, 0.25) is 11.9 Å². The van der Waals surface area contributed by atoms with Gasteiger partial charge in [0.05, 0.1) is 12.9 Å². The number of hydrogen-bond acceptors (Lipinski definition) is 7. The Morgan fingerprint density at radius 3 is 2.50 bits per heavy atom. The molecule has 1 aromatic heterocycles. The van der Waals surface area contributed by atoms with E-state index in [1.54, 1.807) is 6.26 Å². The molecule has 32 heavy (non-hydrogen) atoms. The fraction of sp³-hybridized carbons (Fsp3) is 0.600. The number of halogens is 3. The summed E-state index contributed by atoms with van der Waals surface area (Å²) >= 11 is 5.18. The fourth-order valence-electron chi connectivity index (χ4n) is 4.48. The Kier molecular flexibility index (Phi) is 10.7. The number of nitrogens with zero attached hydrogens (tertiary/aromatic N) is 4. The van der Waals surface area contributed by atoms with Gasteiger partial charge in [-0.25, -0.2) is 0 Å². The molecular weight excluding hydrogens is 495 g/mol. The Hall–Kier alpha value is -0.940. The van der Waals surface area contributed by atoms with Crippen LogP contribution in [0.15, 0.2) is 24.3 Å². The largest absolute Gasteiger partial charge is 0.616 e. The summed E-state index contributed by atoms with van der Waals surface area (Å²) in [4.78, 5) is 7.80. The summed E-state index contributed by atoms with van der Waals surface area (Å²) < 4.78 is 17.9. The molecule has 2 aliphatic rings. The molecule has 1 unspecified atom stereocenters. The maximum atomic E-state index is 11.8. The lowest BCUT2D eigenvalue weighted by atomic mass is 9.96. The predicted octanol–water partition coefficient (Wildman–Crippen LogP) is 2.54. The summed E-state index contributed by atoms with van der Waals surface area (Å²) in [6.45, 7) is 3.27. The average Bonchev–Trinajstić information content (AvgIpc) is 3.17. The van der Waals surface area contributed by atoms with E-state index in [1.165, 1.54) is 5.56 Å². The van der Waals surface area contributed by atoms with E-state index < -0.39 is 11.2 Å². The minimum Gasteiger partial charge on any atom is -0.616 e. The van der Waals surface area contributed by atoms with Gasteiger partial charge >= 0.3 is 0 Å². The molecule has 12 heteroatoms. The minimum absolute atomic E-state index is 0. The maximum absolute atomic E-state index is 11.8. The number of benzene rings is 1. The number of piperidine rings is 1. The number of aromatic nitrogens is 3. The SMILES string of the molecule is C[S+]([O-])C[C@H]1CN(C2CCN(c3nnc(N)[nH]3)CC2)[C@@H](Cc2ccc(Cl)cc2)CO1.Cl.Cl. The van der Waals surface area contributed by atoms with Crippen molar-refractivity contribution < 1.29 is 9.29 Å². The molecule has 0 amide bonds. The highest BCUT2D eigenvalue weighted by atomic mass is 35.5. The van der Waals surface area contributed by atoms with Crippen molar-refractivity contribution in [3.63, 3.8) is 0 Å². The number of aromatic amines is 1. The van der Waals surface area contributed by atoms with Crippen LogP contribution in [0.25, 0.3) is 0 Å². The second-order valence-electron chi connectivity index (χ2n) is 8.13.